The molecule has 1 saturated heterocycles. The van der Waals surface area contributed by atoms with Crippen molar-refractivity contribution in [2.75, 3.05) is 45.9 Å². The van der Waals surface area contributed by atoms with Crippen LogP contribution in [0.5, 0.6) is 5.75 Å². The molecule has 1 atom stereocenters. The van der Waals surface area contributed by atoms with Crippen molar-refractivity contribution in [2.45, 2.75) is 19.4 Å². The summed E-state index contributed by atoms with van der Waals surface area (Å²) >= 11 is 1.74. The monoisotopic (exact) mass is 387 g/mol. The third-order valence-electron chi connectivity index (χ3n) is 5.00. The molecule has 1 amide bonds. The van der Waals surface area contributed by atoms with Crippen LogP contribution >= 0.6 is 11.3 Å². The topological polar surface area (TPSA) is 44.8 Å². The summed E-state index contributed by atoms with van der Waals surface area (Å²) in [7, 11) is 0. The fourth-order valence-electron chi connectivity index (χ4n) is 3.26. The van der Waals surface area contributed by atoms with Gasteiger partial charge in [0.05, 0.1) is 6.04 Å². The van der Waals surface area contributed by atoms with E-state index in [2.05, 4.69) is 32.6 Å². The molecule has 1 aromatic heterocycles. The van der Waals surface area contributed by atoms with E-state index in [1.807, 2.05) is 37.3 Å². The van der Waals surface area contributed by atoms with Crippen LogP contribution in [0.3, 0.4) is 0 Å². The number of hydrogen-bond donors (Lipinski definition) is 1. The molecule has 27 heavy (non-hydrogen) atoms. The van der Waals surface area contributed by atoms with Gasteiger partial charge in [0.2, 0.25) is 5.91 Å². The number of rotatable bonds is 9. The summed E-state index contributed by atoms with van der Waals surface area (Å²) in [6, 6.07) is 14.0. The first-order valence-corrected chi connectivity index (χ1v) is 10.5. The summed E-state index contributed by atoms with van der Waals surface area (Å²) in [4.78, 5) is 18.4. The number of nitrogens with one attached hydrogen (secondary N) is 1. The fourth-order valence-corrected chi connectivity index (χ4v) is 3.97. The number of para-hydroxylation sites is 1. The van der Waals surface area contributed by atoms with E-state index >= 15 is 0 Å². The van der Waals surface area contributed by atoms with Gasteiger partial charge in [0.25, 0.3) is 0 Å². The number of thiophene rings is 1. The van der Waals surface area contributed by atoms with E-state index in [0.29, 0.717) is 13.2 Å². The Kier molecular flexibility index (Phi) is 7.68. The molecule has 2 heterocycles. The molecule has 1 fully saturated rings. The lowest BCUT2D eigenvalue weighted by Crippen LogP contribution is -2.54. The Bertz CT molecular complexity index is 670. The summed E-state index contributed by atoms with van der Waals surface area (Å²) in [6.07, 6.45) is 0.908. The first kappa shape index (κ1) is 19.9. The van der Waals surface area contributed by atoms with Gasteiger partial charge in [0.1, 0.15) is 12.4 Å². The van der Waals surface area contributed by atoms with E-state index in [0.717, 1.165) is 44.9 Å². The Morgan fingerprint density at radius 1 is 1.15 bits per heavy atom. The molecule has 1 aliphatic heterocycles. The minimum atomic E-state index is -0.0731. The highest BCUT2D eigenvalue weighted by Crippen LogP contribution is 2.10. The highest BCUT2D eigenvalue weighted by atomic mass is 32.1. The van der Waals surface area contributed by atoms with Crippen molar-refractivity contribution in [3.63, 3.8) is 0 Å². The van der Waals surface area contributed by atoms with Gasteiger partial charge in [-0.1, -0.05) is 24.3 Å². The lowest BCUT2D eigenvalue weighted by atomic mass is 10.2. The summed E-state index contributed by atoms with van der Waals surface area (Å²) in [5, 5.41) is 5.15. The van der Waals surface area contributed by atoms with E-state index in [1.165, 1.54) is 4.88 Å². The molecule has 1 N–H and O–H groups in total. The zero-order valence-corrected chi connectivity index (χ0v) is 16.8. The molecule has 5 nitrogen and oxygen atoms in total. The molecule has 0 aliphatic carbocycles. The third-order valence-corrected chi connectivity index (χ3v) is 5.94. The van der Waals surface area contributed by atoms with Gasteiger partial charge in [-0.05, 0) is 36.9 Å². The SMILES string of the molecule is C[C@H](C(=O)NCCc1cccs1)N1CCN(CCOc2ccccc2)CC1. The molecular formula is C21H29N3O2S. The standard InChI is InChI=1S/C21H29N3O2S/c1-18(21(25)22-10-9-20-8-5-17-27-20)24-13-11-23(12-14-24)15-16-26-19-6-3-2-4-7-19/h2-8,17-18H,9-16H2,1H3,(H,22,25)/t18-/m1/s1. The van der Waals surface area contributed by atoms with E-state index in [4.69, 9.17) is 4.74 Å². The molecule has 0 saturated carbocycles. The quantitative estimate of drug-likeness (QED) is 0.718. The van der Waals surface area contributed by atoms with Gasteiger partial charge in [-0.15, -0.1) is 11.3 Å². The second-order valence-corrected chi connectivity index (χ2v) is 7.87. The number of carbonyl (C=O) groups excluding carboxylic acids is 1. The second-order valence-electron chi connectivity index (χ2n) is 6.84. The van der Waals surface area contributed by atoms with Crippen LogP contribution in [0.25, 0.3) is 0 Å². The number of ether oxygens (including phenoxy) is 1. The number of piperazine rings is 1. The average Bonchev–Trinajstić information content (AvgIpc) is 3.22. The number of amides is 1. The molecule has 146 valence electrons. The van der Waals surface area contributed by atoms with Crippen LogP contribution < -0.4 is 10.1 Å². The normalized spacial score (nSPS) is 16.8. The van der Waals surface area contributed by atoms with Gasteiger partial charge in [0.15, 0.2) is 0 Å². The van der Waals surface area contributed by atoms with Crippen molar-refractivity contribution < 1.29 is 9.53 Å². The summed E-state index contributed by atoms with van der Waals surface area (Å²) < 4.78 is 5.78. The van der Waals surface area contributed by atoms with Gasteiger partial charge in [-0.3, -0.25) is 14.6 Å². The summed E-state index contributed by atoms with van der Waals surface area (Å²) in [5.41, 5.74) is 0. The van der Waals surface area contributed by atoms with Crippen LogP contribution in [-0.4, -0.2) is 67.6 Å². The molecule has 3 rings (SSSR count). The van der Waals surface area contributed by atoms with E-state index < -0.39 is 0 Å². The number of hydrogen-bond acceptors (Lipinski definition) is 5. The minimum absolute atomic E-state index is 0.0731. The molecule has 1 aromatic carbocycles. The van der Waals surface area contributed by atoms with Crippen LogP contribution in [-0.2, 0) is 11.2 Å². The Balaban J connectivity index is 1.31. The molecule has 2 aromatic rings. The molecular weight excluding hydrogens is 358 g/mol. The summed E-state index contributed by atoms with van der Waals surface area (Å²) in [5.74, 6) is 1.05. The fraction of sp³-hybridized carbons (Fsp3) is 0.476. The van der Waals surface area contributed by atoms with Crippen molar-refractivity contribution >= 4 is 17.2 Å². The minimum Gasteiger partial charge on any atom is -0.492 e. The van der Waals surface area contributed by atoms with E-state index in [1.54, 1.807) is 11.3 Å². The number of nitrogens with zero attached hydrogens (tertiary/aromatic N) is 2. The van der Waals surface area contributed by atoms with Crippen LogP contribution in [0.2, 0.25) is 0 Å². The van der Waals surface area contributed by atoms with Crippen molar-refractivity contribution in [1.82, 2.24) is 15.1 Å². The predicted molar refractivity (Wildman–Crippen MR) is 110 cm³/mol. The zero-order chi connectivity index (χ0) is 18.9. The van der Waals surface area contributed by atoms with Crippen molar-refractivity contribution in [3.05, 3.63) is 52.7 Å². The van der Waals surface area contributed by atoms with Crippen molar-refractivity contribution in [3.8, 4) is 5.75 Å². The van der Waals surface area contributed by atoms with Crippen LogP contribution in [0, 0.1) is 0 Å². The molecule has 1 aliphatic rings. The molecule has 0 unspecified atom stereocenters. The average molecular weight is 388 g/mol. The Labute approximate surface area is 165 Å². The highest BCUT2D eigenvalue weighted by Gasteiger charge is 2.25. The Morgan fingerprint density at radius 3 is 2.63 bits per heavy atom. The van der Waals surface area contributed by atoms with Crippen LogP contribution in [0.4, 0.5) is 0 Å². The molecule has 6 heteroatoms. The maximum absolute atomic E-state index is 12.4. The number of carbonyl (C=O) groups is 1. The lowest BCUT2D eigenvalue weighted by molar-refractivity contribution is -0.126. The highest BCUT2D eigenvalue weighted by molar-refractivity contribution is 7.09. The Morgan fingerprint density at radius 2 is 1.93 bits per heavy atom. The molecule has 0 spiro atoms. The molecule has 0 bridgehead atoms. The van der Waals surface area contributed by atoms with Crippen LogP contribution in [0.15, 0.2) is 47.8 Å². The third kappa shape index (κ3) is 6.34. The predicted octanol–water partition coefficient (Wildman–Crippen LogP) is 2.49. The maximum atomic E-state index is 12.4. The first-order chi connectivity index (χ1) is 13.2. The van der Waals surface area contributed by atoms with E-state index in [9.17, 15) is 4.79 Å². The number of benzene rings is 1. The summed E-state index contributed by atoms with van der Waals surface area (Å²) in [6.45, 7) is 8.13. The largest absolute Gasteiger partial charge is 0.492 e. The van der Waals surface area contributed by atoms with Crippen LogP contribution in [0.1, 0.15) is 11.8 Å². The Hall–Kier alpha value is -1.89. The van der Waals surface area contributed by atoms with Gasteiger partial charge in [-0.2, -0.15) is 0 Å². The lowest BCUT2D eigenvalue weighted by Gasteiger charge is -2.37. The maximum Gasteiger partial charge on any atom is 0.237 e. The molecule has 0 radical (unpaired) electrons. The smallest absolute Gasteiger partial charge is 0.237 e. The van der Waals surface area contributed by atoms with Crippen molar-refractivity contribution in [2.24, 2.45) is 0 Å². The second kappa shape index (κ2) is 10.4. The van der Waals surface area contributed by atoms with E-state index in [-0.39, 0.29) is 11.9 Å². The zero-order valence-electron chi connectivity index (χ0n) is 16.0. The van der Waals surface area contributed by atoms with Gasteiger partial charge >= 0.3 is 0 Å². The van der Waals surface area contributed by atoms with Gasteiger partial charge < -0.3 is 10.1 Å². The van der Waals surface area contributed by atoms with Gasteiger partial charge in [0, 0.05) is 44.1 Å². The van der Waals surface area contributed by atoms with Crippen molar-refractivity contribution in [1.29, 1.82) is 0 Å². The first-order valence-electron chi connectivity index (χ1n) is 9.67. The van der Waals surface area contributed by atoms with Gasteiger partial charge in [-0.25, -0.2) is 0 Å².